The van der Waals surface area contributed by atoms with E-state index in [1.807, 2.05) is 30.3 Å². The van der Waals surface area contributed by atoms with Crippen molar-refractivity contribution in [3.05, 3.63) is 93.0 Å². The molecule has 1 N–H and O–H groups in total. The van der Waals surface area contributed by atoms with Crippen LogP contribution < -0.4 is 5.32 Å². The first-order valence-electron chi connectivity index (χ1n) is 11.0. The van der Waals surface area contributed by atoms with Crippen LogP contribution in [-0.2, 0) is 12.8 Å². The van der Waals surface area contributed by atoms with E-state index in [0.717, 1.165) is 67.4 Å². The lowest BCUT2D eigenvalue weighted by Crippen LogP contribution is -2.16. The molecule has 0 fully saturated rings. The summed E-state index contributed by atoms with van der Waals surface area (Å²) in [4.78, 5) is 18.6. The van der Waals surface area contributed by atoms with E-state index >= 15 is 0 Å². The summed E-state index contributed by atoms with van der Waals surface area (Å²) in [7, 11) is 0. The first-order valence-corrected chi connectivity index (χ1v) is 11.8. The smallest absolute Gasteiger partial charge is 0.256 e. The van der Waals surface area contributed by atoms with Gasteiger partial charge in [-0.2, -0.15) is 0 Å². The highest BCUT2D eigenvalue weighted by molar-refractivity contribution is 9.10. The van der Waals surface area contributed by atoms with Crippen LogP contribution in [0.3, 0.4) is 0 Å². The molecule has 0 aliphatic rings. The molecule has 0 atom stereocenters. The minimum atomic E-state index is -0.101. The summed E-state index contributed by atoms with van der Waals surface area (Å²) in [6.07, 6.45) is 1.73. The van der Waals surface area contributed by atoms with Crippen molar-refractivity contribution in [1.29, 1.82) is 0 Å². The van der Waals surface area contributed by atoms with Crippen molar-refractivity contribution in [2.24, 2.45) is 0 Å². The van der Waals surface area contributed by atoms with Crippen molar-refractivity contribution in [1.82, 2.24) is 4.98 Å². The van der Waals surface area contributed by atoms with E-state index in [0.29, 0.717) is 5.56 Å². The summed E-state index contributed by atoms with van der Waals surface area (Å²) in [5.74, 6) is -0.101. The summed E-state index contributed by atoms with van der Waals surface area (Å²) in [5.41, 5.74) is 8.69. The predicted molar refractivity (Wildman–Crippen MR) is 138 cm³/mol. The molecule has 4 aromatic rings. The third kappa shape index (κ3) is 4.33. The Hall–Kier alpha value is -2.98. The number of amides is 1. The first kappa shape index (κ1) is 22.2. The number of fused-ring (bicyclic) bond motifs is 1. The fourth-order valence-corrected chi connectivity index (χ4v) is 4.49. The number of rotatable bonds is 5. The van der Waals surface area contributed by atoms with Gasteiger partial charge in [0.1, 0.15) is 0 Å². The molecule has 1 aromatic heterocycles. The van der Waals surface area contributed by atoms with Crippen LogP contribution in [0.4, 0.5) is 5.69 Å². The molecule has 0 radical (unpaired) electrons. The molecular formula is C28H27BrN2O. The minimum Gasteiger partial charge on any atom is -0.321 e. The standard InChI is InChI=1S/C28H27BrN2O/c1-5-19-8-7-9-20(6-2)27(19)31-28(32)24-16-25(21-10-12-22(29)13-11-21)30-26-18(4)14-17(3)15-23(24)26/h7-16H,5-6H2,1-4H3,(H,31,32). The van der Waals surface area contributed by atoms with Crippen molar-refractivity contribution in [2.45, 2.75) is 40.5 Å². The highest BCUT2D eigenvalue weighted by atomic mass is 79.9. The number of carbonyl (C=O) groups excluding carboxylic acids is 1. The number of aromatic nitrogens is 1. The number of nitrogens with zero attached hydrogens (tertiary/aromatic N) is 1. The van der Waals surface area contributed by atoms with Gasteiger partial charge in [-0.05, 0) is 67.6 Å². The van der Waals surface area contributed by atoms with E-state index < -0.39 is 0 Å². The number of nitrogens with one attached hydrogen (secondary N) is 1. The zero-order chi connectivity index (χ0) is 22.8. The van der Waals surface area contributed by atoms with Crippen LogP contribution in [0.1, 0.15) is 46.5 Å². The average molecular weight is 487 g/mol. The molecule has 0 saturated heterocycles. The summed E-state index contributed by atoms with van der Waals surface area (Å²) >= 11 is 3.49. The molecule has 0 spiro atoms. The molecule has 1 amide bonds. The molecule has 0 bridgehead atoms. The molecule has 1 heterocycles. The van der Waals surface area contributed by atoms with Crippen LogP contribution in [0.2, 0.25) is 0 Å². The van der Waals surface area contributed by atoms with Gasteiger partial charge in [-0.25, -0.2) is 4.98 Å². The Morgan fingerprint density at radius 3 is 2.22 bits per heavy atom. The average Bonchev–Trinajstić information content (AvgIpc) is 2.79. The van der Waals surface area contributed by atoms with Gasteiger partial charge in [0.05, 0.1) is 16.8 Å². The summed E-state index contributed by atoms with van der Waals surface area (Å²) < 4.78 is 1.01. The SMILES string of the molecule is CCc1cccc(CC)c1NC(=O)c1cc(-c2ccc(Br)cc2)nc2c(C)cc(C)cc12. The van der Waals surface area contributed by atoms with Crippen molar-refractivity contribution in [3.8, 4) is 11.3 Å². The van der Waals surface area contributed by atoms with Gasteiger partial charge in [0.15, 0.2) is 0 Å². The van der Waals surface area contributed by atoms with E-state index in [-0.39, 0.29) is 5.91 Å². The second kappa shape index (κ2) is 9.25. The Kier molecular flexibility index (Phi) is 6.43. The maximum atomic E-state index is 13.7. The molecule has 32 heavy (non-hydrogen) atoms. The molecule has 162 valence electrons. The lowest BCUT2D eigenvalue weighted by molar-refractivity contribution is 0.102. The summed E-state index contributed by atoms with van der Waals surface area (Å²) in [6, 6.07) is 20.3. The van der Waals surface area contributed by atoms with Crippen molar-refractivity contribution < 1.29 is 4.79 Å². The zero-order valence-electron chi connectivity index (χ0n) is 18.9. The molecule has 0 aliphatic carbocycles. The topological polar surface area (TPSA) is 42.0 Å². The number of pyridine rings is 1. The quantitative estimate of drug-likeness (QED) is 0.314. The first-order chi connectivity index (χ1) is 15.4. The molecule has 3 nitrogen and oxygen atoms in total. The Morgan fingerprint density at radius 1 is 0.938 bits per heavy atom. The van der Waals surface area contributed by atoms with Gasteiger partial charge >= 0.3 is 0 Å². The molecule has 0 aliphatic heterocycles. The van der Waals surface area contributed by atoms with Gasteiger partial charge in [-0.15, -0.1) is 0 Å². The zero-order valence-corrected chi connectivity index (χ0v) is 20.5. The van der Waals surface area contributed by atoms with Crippen LogP contribution in [0.25, 0.3) is 22.2 Å². The van der Waals surface area contributed by atoms with Crippen molar-refractivity contribution in [2.75, 3.05) is 5.32 Å². The lowest BCUT2D eigenvalue weighted by Gasteiger charge is -2.17. The van der Waals surface area contributed by atoms with E-state index in [4.69, 9.17) is 4.98 Å². The second-order valence-electron chi connectivity index (χ2n) is 8.15. The van der Waals surface area contributed by atoms with Crippen molar-refractivity contribution >= 4 is 38.4 Å². The van der Waals surface area contributed by atoms with E-state index in [9.17, 15) is 4.79 Å². The van der Waals surface area contributed by atoms with Crippen LogP contribution in [0, 0.1) is 13.8 Å². The number of carbonyl (C=O) groups is 1. The predicted octanol–water partition coefficient (Wildman–Crippen LogP) is 7.66. The molecule has 4 rings (SSSR count). The highest BCUT2D eigenvalue weighted by Crippen LogP contribution is 2.30. The lowest BCUT2D eigenvalue weighted by atomic mass is 9.98. The maximum Gasteiger partial charge on any atom is 0.256 e. The van der Waals surface area contributed by atoms with Gasteiger partial charge in [0.2, 0.25) is 0 Å². The Labute approximate surface area is 198 Å². The Balaban J connectivity index is 1.89. The van der Waals surface area contributed by atoms with E-state index in [2.05, 4.69) is 79.3 Å². The van der Waals surface area contributed by atoms with Crippen LogP contribution in [-0.4, -0.2) is 10.9 Å². The van der Waals surface area contributed by atoms with E-state index in [1.165, 1.54) is 0 Å². The molecule has 0 unspecified atom stereocenters. The van der Waals surface area contributed by atoms with Crippen LogP contribution in [0.5, 0.6) is 0 Å². The number of hydrogen-bond donors (Lipinski definition) is 1. The van der Waals surface area contributed by atoms with Gasteiger partial charge < -0.3 is 5.32 Å². The number of para-hydroxylation sites is 1. The molecule has 3 aromatic carbocycles. The Bertz CT molecular complexity index is 1290. The number of benzene rings is 3. The largest absolute Gasteiger partial charge is 0.321 e. The van der Waals surface area contributed by atoms with Gasteiger partial charge in [-0.3, -0.25) is 4.79 Å². The normalized spacial score (nSPS) is 11.0. The number of aryl methyl sites for hydroxylation is 4. The van der Waals surface area contributed by atoms with Gasteiger partial charge in [0.25, 0.3) is 5.91 Å². The fraction of sp³-hybridized carbons (Fsp3) is 0.214. The fourth-order valence-electron chi connectivity index (χ4n) is 4.22. The number of hydrogen-bond acceptors (Lipinski definition) is 2. The molecule has 0 saturated carbocycles. The van der Waals surface area contributed by atoms with Gasteiger partial charge in [0, 0.05) is 21.1 Å². The molecular weight excluding hydrogens is 460 g/mol. The highest BCUT2D eigenvalue weighted by Gasteiger charge is 2.18. The number of halogens is 1. The molecule has 4 heteroatoms. The Morgan fingerprint density at radius 2 is 1.59 bits per heavy atom. The summed E-state index contributed by atoms with van der Waals surface area (Å²) in [5, 5.41) is 4.12. The third-order valence-corrected chi connectivity index (χ3v) is 6.40. The van der Waals surface area contributed by atoms with Crippen LogP contribution in [0.15, 0.2) is 65.1 Å². The third-order valence-electron chi connectivity index (χ3n) is 5.87. The summed E-state index contributed by atoms with van der Waals surface area (Å²) in [6.45, 7) is 8.34. The second-order valence-corrected chi connectivity index (χ2v) is 9.07. The van der Waals surface area contributed by atoms with Gasteiger partial charge in [-0.1, -0.05) is 71.7 Å². The minimum absolute atomic E-state index is 0.101. The monoisotopic (exact) mass is 486 g/mol. The van der Waals surface area contributed by atoms with Crippen LogP contribution >= 0.6 is 15.9 Å². The maximum absolute atomic E-state index is 13.7. The van der Waals surface area contributed by atoms with Crippen molar-refractivity contribution in [3.63, 3.8) is 0 Å². The van der Waals surface area contributed by atoms with E-state index in [1.54, 1.807) is 0 Å². The number of anilines is 1.